The highest BCUT2D eigenvalue weighted by molar-refractivity contribution is 6.02. The molecule has 3 aliphatic rings. The van der Waals surface area contributed by atoms with E-state index in [9.17, 15) is 9.59 Å². The number of carbonyl (C=O) groups is 2. The maximum Gasteiger partial charge on any atom is 0.327 e. The average Bonchev–Trinajstić information content (AvgIpc) is 2.99. The number of hydrogen-bond acceptors (Lipinski definition) is 2. The molecule has 3 amide bonds. The standard InChI is InChI=1S/C13H20N2O2/c16-12-9-14(10-5-1-2-6-10)13(17)15(12)11-7-3-4-8-11/h10-11H,1-9H2. The Hall–Kier alpha value is -1.06. The predicted octanol–water partition coefficient (Wildman–Crippen LogP) is 2.14. The zero-order valence-corrected chi connectivity index (χ0v) is 10.2. The van der Waals surface area contributed by atoms with Crippen molar-refractivity contribution in [2.24, 2.45) is 0 Å². The third-order valence-corrected chi connectivity index (χ3v) is 4.48. The van der Waals surface area contributed by atoms with Crippen molar-refractivity contribution in [1.82, 2.24) is 9.80 Å². The Bertz CT molecular complexity index is 330. The minimum absolute atomic E-state index is 0.00574. The van der Waals surface area contributed by atoms with Crippen molar-refractivity contribution in [2.45, 2.75) is 63.5 Å². The molecule has 0 spiro atoms. The molecular weight excluding hydrogens is 216 g/mol. The van der Waals surface area contributed by atoms with Crippen LogP contribution in [0.25, 0.3) is 0 Å². The first-order valence-electron chi connectivity index (χ1n) is 6.90. The van der Waals surface area contributed by atoms with Crippen LogP contribution in [0.5, 0.6) is 0 Å². The highest BCUT2D eigenvalue weighted by Crippen LogP contribution is 2.31. The van der Waals surface area contributed by atoms with Crippen LogP contribution in [0.1, 0.15) is 51.4 Å². The molecule has 1 aliphatic heterocycles. The second-order valence-electron chi connectivity index (χ2n) is 5.55. The molecule has 2 aliphatic carbocycles. The van der Waals surface area contributed by atoms with Gasteiger partial charge in [0.05, 0.1) is 0 Å². The highest BCUT2D eigenvalue weighted by Gasteiger charge is 2.44. The summed E-state index contributed by atoms with van der Waals surface area (Å²) in [5.74, 6) is 0.0359. The van der Waals surface area contributed by atoms with E-state index in [1.165, 1.54) is 12.8 Å². The van der Waals surface area contributed by atoms with Gasteiger partial charge in [-0.3, -0.25) is 9.69 Å². The van der Waals surface area contributed by atoms with Crippen LogP contribution < -0.4 is 0 Å². The molecule has 3 fully saturated rings. The van der Waals surface area contributed by atoms with Crippen LogP contribution in [0.4, 0.5) is 4.79 Å². The van der Waals surface area contributed by atoms with Gasteiger partial charge in [0, 0.05) is 12.1 Å². The summed E-state index contributed by atoms with van der Waals surface area (Å²) in [4.78, 5) is 27.7. The molecule has 94 valence electrons. The summed E-state index contributed by atoms with van der Waals surface area (Å²) in [6, 6.07) is 0.521. The molecule has 1 saturated heterocycles. The normalized spacial score (nSPS) is 27.8. The van der Waals surface area contributed by atoms with Crippen LogP contribution in [-0.4, -0.2) is 40.4 Å². The van der Waals surface area contributed by atoms with Gasteiger partial charge in [-0.1, -0.05) is 25.7 Å². The van der Waals surface area contributed by atoms with Crippen LogP contribution in [0.2, 0.25) is 0 Å². The smallest absolute Gasteiger partial charge is 0.312 e. The van der Waals surface area contributed by atoms with E-state index in [2.05, 4.69) is 0 Å². The number of urea groups is 1. The van der Waals surface area contributed by atoms with E-state index in [4.69, 9.17) is 0 Å². The number of amides is 3. The van der Waals surface area contributed by atoms with E-state index in [-0.39, 0.29) is 18.0 Å². The first-order valence-corrected chi connectivity index (χ1v) is 6.90. The molecule has 0 bridgehead atoms. The first-order chi connectivity index (χ1) is 8.27. The Labute approximate surface area is 102 Å². The van der Waals surface area contributed by atoms with E-state index in [0.717, 1.165) is 38.5 Å². The molecule has 2 saturated carbocycles. The summed E-state index contributed by atoms with van der Waals surface area (Å²) in [5.41, 5.74) is 0. The molecular formula is C13H20N2O2. The quantitative estimate of drug-likeness (QED) is 0.689. The lowest BCUT2D eigenvalue weighted by atomic mass is 10.2. The maximum atomic E-state index is 12.3. The SMILES string of the molecule is O=C1CN(C2CCCC2)C(=O)N1C1CCCC1. The van der Waals surface area contributed by atoms with Gasteiger partial charge in [-0.15, -0.1) is 0 Å². The minimum Gasteiger partial charge on any atom is -0.312 e. The van der Waals surface area contributed by atoms with Gasteiger partial charge >= 0.3 is 6.03 Å². The third-order valence-electron chi connectivity index (χ3n) is 4.48. The summed E-state index contributed by atoms with van der Waals surface area (Å²) in [5, 5.41) is 0. The van der Waals surface area contributed by atoms with Gasteiger partial charge in [0.25, 0.3) is 5.91 Å². The monoisotopic (exact) mass is 236 g/mol. The highest BCUT2D eigenvalue weighted by atomic mass is 16.2. The molecule has 1 heterocycles. The second kappa shape index (κ2) is 4.31. The maximum absolute atomic E-state index is 12.3. The van der Waals surface area contributed by atoms with Crippen molar-refractivity contribution in [3.63, 3.8) is 0 Å². The number of hydrogen-bond donors (Lipinski definition) is 0. The lowest BCUT2D eigenvalue weighted by molar-refractivity contribution is -0.126. The van der Waals surface area contributed by atoms with Gasteiger partial charge < -0.3 is 4.90 Å². The summed E-state index contributed by atoms with van der Waals surface area (Å²) >= 11 is 0. The van der Waals surface area contributed by atoms with Crippen LogP contribution in [0.3, 0.4) is 0 Å². The average molecular weight is 236 g/mol. The molecule has 0 radical (unpaired) electrons. The van der Waals surface area contributed by atoms with Crippen LogP contribution in [-0.2, 0) is 4.79 Å². The molecule has 0 aromatic carbocycles. The molecule has 0 atom stereocenters. The van der Waals surface area contributed by atoms with E-state index in [1.54, 1.807) is 4.90 Å². The van der Waals surface area contributed by atoms with Crippen molar-refractivity contribution >= 4 is 11.9 Å². The Balaban J connectivity index is 1.73. The fourth-order valence-electron chi connectivity index (χ4n) is 3.56. The Morgan fingerprint density at radius 2 is 1.35 bits per heavy atom. The van der Waals surface area contributed by atoms with Gasteiger partial charge in [-0.25, -0.2) is 4.79 Å². The van der Waals surface area contributed by atoms with Crippen molar-refractivity contribution in [2.75, 3.05) is 6.54 Å². The molecule has 17 heavy (non-hydrogen) atoms. The first kappa shape index (κ1) is 11.1. The number of rotatable bonds is 2. The van der Waals surface area contributed by atoms with E-state index < -0.39 is 0 Å². The zero-order valence-electron chi connectivity index (χ0n) is 10.2. The van der Waals surface area contributed by atoms with Gasteiger partial charge in [-0.05, 0) is 25.7 Å². The molecule has 4 nitrogen and oxygen atoms in total. The van der Waals surface area contributed by atoms with E-state index >= 15 is 0 Å². The zero-order chi connectivity index (χ0) is 11.8. The molecule has 0 aromatic heterocycles. The van der Waals surface area contributed by atoms with Crippen LogP contribution in [0, 0.1) is 0 Å². The number of carbonyl (C=O) groups excluding carboxylic acids is 2. The summed E-state index contributed by atoms with van der Waals surface area (Å²) in [7, 11) is 0. The Kier molecular flexibility index (Phi) is 2.81. The third kappa shape index (κ3) is 1.83. The molecule has 0 N–H and O–H groups in total. The van der Waals surface area contributed by atoms with Gasteiger partial charge in [0.2, 0.25) is 0 Å². The van der Waals surface area contributed by atoms with Crippen LogP contribution >= 0.6 is 0 Å². The topological polar surface area (TPSA) is 40.6 Å². The molecule has 4 heteroatoms. The Morgan fingerprint density at radius 3 is 1.94 bits per heavy atom. The van der Waals surface area contributed by atoms with Crippen molar-refractivity contribution in [3.05, 3.63) is 0 Å². The fourth-order valence-corrected chi connectivity index (χ4v) is 3.56. The Morgan fingerprint density at radius 1 is 0.824 bits per heavy atom. The van der Waals surface area contributed by atoms with Crippen molar-refractivity contribution in [3.8, 4) is 0 Å². The summed E-state index contributed by atoms with van der Waals surface area (Å²) in [6.45, 7) is 0.333. The van der Waals surface area contributed by atoms with Gasteiger partial charge in [-0.2, -0.15) is 0 Å². The second-order valence-corrected chi connectivity index (χ2v) is 5.55. The summed E-state index contributed by atoms with van der Waals surface area (Å²) < 4.78 is 0. The lowest BCUT2D eigenvalue weighted by Gasteiger charge is -2.25. The largest absolute Gasteiger partial charge is 0.327 e. The summed E-state index contributed by atoms with van der Waals surface area (Å²) in [6.07, 6.45) is 8.90. The van der Waals surface area contributed by atoms with Crippen molar-refractivity contribution in [1.29, 1.82) is 0 Å². The van der Waals surface area contributed by atoms with E-state index in [0.29, 0.717) is 12.6 Å². The van der Waals surface area contributed by atoms with E-state index in [1.807, 2.05) is 4.90 Å². The molecule has 3 rings (SSSR count). The number of imide groups is 1. The minimum atomic E-state index is -0.00574. The molecule has 0 unspecified atom stereocenters. The fraction of sp³-hybridized carbons (Fsp3) is 0.846. The van der Waals surface area contributed by atoms with Crippen molar-refractivity contribution < 1.29 is 9.59 Å². The number of nitrogens with zero attached hydrogens (tertiary/aromatic N) is 2. The van der Waals surface area contributed by atoms with Gasteiger partial charge in [0.15, 0.2) is 0 Å². The van der Waals surface area contributed by atoms with Gasteiger partial charge in [0.1, 0.15) is 6.54 Å². The molecule has 0 aromatic rings. The van der Waals surface area contributed by atoms with Crippen LogP contribution in [0.15, 0.2) is 0 Å². The lowest BCUT2D eigenvalue weighted by Crippen LogP contribution is -2.42. The predicted molar refractivity (Wildman–Crippen MR) is 63.5 cm³/mol.